The van der Waals surface area contributed by atoms with Gasteiger partial charge in [-0.2, -0.15) is 13.2 Å². The van der Waals surface area contributed by atoms with E-state index in [1.165, 1.54) is 17.8 Å². The third-order valence-electron chi connectivity index (χ3n) is 4.93. The molecule has 160 valence electrons. The molecule has 1 saturated heterocycles. The van der Waals surface area contributed by atoms with Crippen LogP contribution in [0.3, 0.4) is 0 Å². The summed E-state index contributed by atoms with van der Waals surface area (Å²) < 4.78 is 38.2. The third kappa shape index (κ3) is 4.99. The summed E-state index contributed by atoms with van der Waals surface area (Å²) in [4.78, 5) is 26.1. The Kier molecular flexibility index (Phi) is 6.13. The van der Waals surface area contributed by atoms with Crippen molar-refractivity contribution in [3.63, 3.8) is 0 Å². The van der Waals surface area contributed by atoms with Crippen LogP contribution in [0.15, 0.2) is 76.9 Å². The van der Waals surface area contributed by atoms with Crippen LogP contribution in [-0.2, 0) is 6.18 Å². The van der Waals surface area contributed by atoms with Gasteiger partial charge in [-0.05, 0) is 36.4 Å². The first-order valence-corrected chi connectivity index (χ1v) is 10.5. The molecule has 2 aromatic heterocycles. The van der Waals surface area contributed by atoms with Crippen molar-refractivity contribution in [1.29, 1.82) is 0 Å². The lowest BCUT2D eigenvalue weighted by Gasteiger charge is -2.35. The van der Waals surface area contributed by atoms with Gasteiger partial charge in [0.1, 0.15) is 10.8 Å². The monoisotopic (exact) mass is 444 g/mol. The molecular formula is C22H19F3N4OS. The van der Waals surface area contributed by atoms with Gasteiger partial charge < -0.3 is 9.80 Å². The van der Waals surface area contributed by atoms with Crippen LogP contribution in [0.4, 0.5) is 19.0 Å². The number of halogens is 3. The molecule has 31 heavy (non-hydrogen) atoms. The highest BCUT2D eigenvalue weighted by molar-refractivity contribution is 7.99. The van der Waals surface area contributed by atoms with E-state index in [2.05, 4.69) is 9.97 Å². The molecule has 0 unspecified atom stereocenters. The van der Waals surface area contributed by atoms with Crippen molar-refractivity contribution in [3.05, 3.63) is 78.1 Å². The Hall–Kier alpha value is -3.07. The zero-order valence-corrected chi connectivity index (χ0v) is 17.2. The van der Waals surface area contributed by atoms with Crippen LogP contribution in [0.5, 0.6) is 0 Å². The highest BCUT2D eigenvalue weighted by atomic mass is 32.2. The Bertz CT molecular complexity index is 1040. The van der Waals surface area contributed by atoms with Gasteiger partial charge in [-0.1, -0.05) is 30.0 Å². The number of aromatic nitrogens is 2. The number of alkyl halides is 3. The number of carbonyl (C=O) groups is 1. The number of anilines is 1. The standard InChI is InChI=1S/C22H19F3N4OS/c23-22(24,25)16-8-9-19(27-15-16)28-11-13-29(14-12-28)21(30)18-7-4-10-26-20(18)31-17-5-2-1-3-6-17/h1-10,15H,11-14H2. The van der Waals surface area contributed by atoms with Crippen molar-refractivity contribution in [2.75, 3.05) is 31.1 Å². The molecule has 5 nitrogen and oxygen atoms in total. The van der Waals surface area contributed by atoms with Crippen molar-refractivity contribution >= 4 is 23.5 Å². The number of nitrogens with zero attached hydrogens (tertiary/aromatic N) is 4. The second-order valence-electron chi connectivity index (χ2n) is 6.95. The van der Waals surface area contributed by atoms with Crippen molar-refractivity contribution in [1.82, 2.24) is 14.9 Å². The molecule has 1 aromatic carbocycles. The van der Waals surface area contributed by atoms with E-state index in [0.29, 0.717) is 42.6 Å². The van der Waals surface area contributed by atoms with Gasteiger partial charge in [0, 0.05) is 43.5 Å². The van der Waals surface area contributed by atoms with E-state index in [9.17, 15) is 18.0 Å². The quantitative estimate of drug-likeness (QED) is 0.588. The summed E-state index contributed by atoms with van der Waals surface area (Å²) in [6, 6.07) is 15.6. The Morgan fingerprint density at radius 2 is 1.65 bits per heavy atom. The first kappa shape index (κ1) is 21.2. The van der Waals surface area contributed by atoms with Crippen LogP contribution in [0, 0.1) is 0 Å². The van der Waals surface area contributed by atoms with Gasteiger partial charge in [0.15, 0.2) is 0 Å². The molecule has 1 fully saturated rings. The first-order chi connectivity index (χ1) is 14.9. The van der Waals surface area contributed by atoms with Gasteiger partial charge in [0.05, 0.1) is 11.1 Å². The van der Waals surface area contributed by atoms with Crippen molar-refractivity contribution in [3.8, 4) is 0 Å². The minimum absolute atomic E-state index is 0.105. The maximum absolute atomic E-state index is 13.1. The molecule has 0 bridgehead atoms. The highest BCUT2D eigenvalue weighted by Crippen LogP contribution is 2.31. The third-order valence-corrected chi connectivity index (χ3v) is 5.95. The highest BCUT2D eigenvalue weighted by Gasteiger charge is 2.31. The zero-order chi connectivity index (χ0) is 21.8. The van der Waals surface area contributed by atoms with Crippen molar-refractivity contribution in [2.24, 2.45) is 0 Å². The minimum Gasteiger partial charge on any atom is -0.353 e. The van der Waals surface area contributed by atoms with Crippen LogP contribution in [0.25, 0.3) is 0 Å². The number of benzene rings is 1. The van der Waals surface area contributed by atoms with Crippen LogP contribution < -0.4 is 4.90 Å². The molecule has 0 radical (unpaired) electrons. The predicted octanol–water partition coefficient (Wildman–Crippen LogP) is 4.61. The summed E-state index contributed by atoms with van der Waals surface area (Å²) >= 11 is 1.44. The van der Waals surface area contributed by atoms with Crippen LogP contribution in [0.2, 0.25) is 0 Å². The van der Waals surface area contributed by atoms with E-state index in [1.807, 2.05) is 35.2 Å². The maximum atomic E-state index is 13.1. The number of amides is 1. The molecule has 4 rings (SSSR count). The van der Waals surface area contributed by atoms with Gasteiger partial charge in [-0.15, -0.1) is 0 Å². The summed E-state index contributed by atoms with van der Waals surface area (Å²) in [6.07, 6.45) is -1.90. The van der Waals surface area contributed by atoms with Gasteiger partial charge >= 0.3 is 6.18 Å². The summed E-state index contributed by atoms with van der Waals surface area (Å²) in [6.45, 7) is 1.88. The number of rotatable bonds is 4. The van der Waals surface area contributed by atoms with Gasteiger partial charge in [-0.25, -0.2) is 9.97 Å². The molecule has 0 atom stereocenters. The smallest absolute Gasteiger partial charge is 0.353 e. The van der Waals surface area contributed by atoms with Gasteiger partial charge in [-0.3, -0.25) is 4.79 Å². The number of pyridine rings is 2. The SMILES string of the molecule is O=C(c1cccnc1Sc1ccccc1)N1CCN(c2ccc(C(F)(F)F)cn2)CC1. The molecule has 3 aromatic rings. The first-order valence-electron chi connectivity index (χ1n) is 9.67. The van der Waals surface area contributed by atoms with Crippen LogP contribution in [-0.4, -0.2) is 47.0 Å². The van der Waals surface area contributed by atoms with E-state index < -0.39 is 11.7 Å². The fourth-order valence-corrected chi connectivity index (χ4v) is 4.18. The average molecular weight is 444 g/mol. The Morgan fingerprint density at radius 3 is 2.29 bits per heavy atom. The van der Waals surface area contributed by atoms with E-state index in [-0.39, 0.29) is 5.91 Å². The fourth-order valence-electron chi connectivity index (χ4n) is 3.28. The summed E-state index contributed by atoms with van der Waals surface area (Å²) in [5.74, 6) is 0.369. The Balaban J connectivity index is 1.42. The second-order valence-corrected chi connectivity index (χ2v) is 8.02. The molecule has 9 heteroatoms. The molecule has 0 saturated carbocycles. The van der Waals surface area contributed by atoms with Gasteiger partial charge in [0.25, 0.3) is 5.91 Å². The molecule has 1 amide bonds. The van der Waals surface area contributed by atoms with E-state index in [0.717, 1.165) is 17.2 Å². The Labute approximate surface area is 181 Å². The molecule has 0 spiro atoms. The maximum Gasteiger partial charge on any atom is 0.417 e. The van der Waals surface area contributed by atoms with E-state index in [4.69, 9.17) is 0 Å². The van der Waals surface area contributed by atoms with Crippen LogP contribution in [0.1, 0.15) is 15.9 Å². The molecule has 0 aliphatic carbocycles. The fraction of sp³-hybridized carbons (Fsp3) is 0.227. The number of hydrogen-bond donors (Lipinski definition) is 0. The lowest BCUT2D eigenvalue weighted by Crippen LogP contribution is -2.49. The molecule has 1 aliphatic rings. The second kappa shape index (κ2) is 8.97. The minimum atomic E-state index is -4.41. The van der Waals surface area contributed by atoms with Crippen molar-refractivity contribution < 1.29 is 18.0 Å². The van der Waals surface area contributed by atoms with E-state index >= 15 is 0 Å². The number of carbonyl (C=O) groups excluding carboxylic acids is 1. The topological polar surface area (TPSA) is 49.3 Å². The van der Waals surface area contributed by atoms with Gasteiger partial charge in [0.2, 0.25) is 0 Å². The summed E-state index contributed by atoms with van der Waals surface area (Å²) in [5.41, 5.74) is -0.234. The molecule has 3 heterocycles. The summed E-state index contributed by atoms with van der Waals surface area (Å²) in [7, 11) is 0. The zero-order valence-electron chi connectivity index (χ0n) is 16.4. The molecule has 0 N–H and O–H groups in total. The lowest BCUT2D eigenvalue weighted by atomic mass is 10.2. The predicted molar refractivity (Wildman–Crippen MR) is 112 cm³/mol. The Morgan fingerprint density at radius 1 is 0.903 bits per heavy atom. The van der Waals surface area contributed by atoms with Crippen LogP contribution >= 0.6 is 11.8 Å². The largest absolute Gasteiger partial charge is 0.417 e. The molecule has 1 aliphatic heterocycles. The number of piperazine rings is 1. The number of hydrogen-bond acceptors (Lipinski definition) is 5. The van der Waals surface area contributed by atoms with Crippen molar-refractivity contribution in [2.45, 2.75) is 16.1 Å². The lowest BCUT2D eigenvalue weighted by molar-refractivity contribution is -0.137. The summed E-state index contributed by atoms with van der Waals surface area (Å²) in [5, 5.41) is 0.644. The molecular weight excluding hydrogens is 425 g/mol. The normalized spacial score (nSPS) is 14.5. The average Bonchev–Trinajstić information content (AvgIpc) is 2.79. The van der Waals surface area contributed by atoms with E-state index in [1.54, 1.807) is 23.2 Å².